The molecule has 0 aliphatic heterocycles. The minimum atomic E-state index is -3.53. The number of urea groups is 1. The fourth-order valence-electron chi connectivity index (χ4n) is 2.79. The van der Waals surface area contributed by atoms with Gasteiger partial charge in [-0.05, 0) is 42.3 Å². The number of rotatable bonds is 8. The first-order chi connectivity index (χ1) is 13.7. The van der Waals surface area contributed by atoms with Crippen LogP contribution in [0.3, 0.4) is 0 Å². The molecule has 0 saturated carbocycles. The Hall–Kier alpha value is -2.52. The third-order valence-corrected chi connectivity index (χ3v) is 6.57. The molecule has 0 aromatic heterocycles. The molecule has 1 atom stereocenters. The lowest BCUT2D eigenvalue weighted by Crippen LogP contribution is -2.36. The fraction of sp³-hybridized carbons (Fsp3) is 0.350. The quantitative estimate of drug-likeness (QED) is 0.679. The normalized spacial score (nSPS) is 12.6. The molecular weight excluding hydrogens is 400 g/mol. The molecule has 0 bridgehead atoms. The zero-order valence-corrected chi connectivity index (χ0v) is 17.4. The van der Waals surface area contributed by atoms with Crippen LogP contribution in [0.5, 0.6) is 0 Å². The predicted molar refractivity (Wildman–Crippen MR) is 107 cm³/mol. The highest BCUT2D eigenvalue weighted by Crippen LogP contribution is 2.17. The van der Waals surface area contributed by atoms with Crippen molar-refractivity contribution in [3.8, 4) is 0 Å². The average Bonchev–Trinajstić information content (AvgIpc) is 2.69. The van der Waals surface area contributed by atoms with Gasteiger partial charge in [-0.3, -0.25) is 0 Å². The first kappa shape index (κ1) is 22.8. The van der Waals surface area contributed by atoms with Gasteiger partial charge in [0.25, 0.3) is 0 Å². The van der Waals surface area contributed by atoms with E-state index in [1.54, 1.807) is 32.9 Å². The largest absolute Gasteiger partial charge is 0.334 e. The summed E-state index contributed by atoms with van der Waals surface area (Å²) in [7, 11) is -3.53. The monoisotopic (exact) mass is 425 g/mol. The summed E-state index contributed by atoms with van der Waals surface area (Å²) in [5.74, 6) is -1.92. The van der Waals surface area contributed by atoms with Crippen molar-refractivity contribution in [1.29, 1.82) is 0 Å². The van der Waals surface area contributed by atoms with Crippen molar-refractivity contribution in [3.63, 3.8) is 0 Å². The van der Waals surface area contributed by atoms with E-state index in [1.807, 2.05) is 0 Å². The summed E-state index contributed by atoms with van der Waals surface area (Å²) in [6, 6.07) is 8.72. The predicted octanol–water partition coefficient (Wildman–Crippen LogP) is 3.56. The zero-order valence-electron chi connectivity index (χ0n) is 16.6. The molecule has 158 valence electrons. The Bertz CT molecular complexity index is 946. The van der Waals surface area contributed by atoms with Crippen molar-refractivity contribution in [1.82, 2.24) is 14.9 Å². The third-order valence-electron chi connectivity index (χ3n) is 4.51. The lowest BCUT2D eigenvalue weighted by Gasteiger charge is -2.18. The highest BCUT2D eigenvalue weighted by Gasteiger charge is 2.21. The molecule has 2 rings (SSSR count). The number of nitrogens with one attached hydrogen (secondary N) is 2. The summed E-state index contributed by atoms with van der Waals surface area (Å²) < 4.78 is 52.6. The van der Waals surface area contributed by atoms with Crippen molar-refractivity contribution in [2.24, 2.45) is 0 Å². The van der Waals surface area contributed by atoms with Crippen LogP contribution in [0, 0.1) is 11.6 Å². The summed E-state index contributed by atoms with van der Waals surface area (Å²) >= 11 is 0. The van der Waals surface area contributed by atoms with Gasteiger partial charge in [0.1, 0.15) is 0 Å². The van der Waals surface area contributed by atoms with Crippen LogP contribution in [0.2, 0.25) is 0 Å². The molecule has 2 N–H and O–H groups in total. The van der Waals surface area contributed by atoms with Crippen LogP contribution in [0.1, 0.15) is 37.9 Å². The lowest BCUT2D eigenvalue weighted by atomic mass is 10.1. The van der Waals surface area contributed by atoms with Gasteiger partial charge >= 0.3 is 6.03 Å². The smallest absolute Gasteiger partial charge is 0.315 e. The van der Waals surface area contributed by atoms with E-state index in [0.29, 0.717) is 18.7 Å². The lowest BCUT2D eigenvalue weighted by molar-refractivity contribution is 0.237. The van der Waals surface area contributed by atoms with Crippen molar-refractivity contribution >= 4 is 16.1 Å². The van der Waals surface area contributed by atoms with Crippen molar-refractivity contribution in [2.75, 3.05) is 13.1 Å². The van der Waals surface area contributed by atoms with Gasteiger partial charge in [0.2, 0.25) is 10.0 Å². The SMILES string of the molecule is CCN(CC)S(=O)(=O)c1ccc(CNC(=O)N[C@H](C)c2ccc(F)c(F)c2)cc1. The Morgan fingerprint density at radius 3 is 2.21 bits per heavy atom. The molecule has 2 aromatic carbocycles. The van der Waals surface area contributed by atoms with Crippen LogP contribution < -0.4 is 10.6 Å². The Labute approximate surface area is 170 Å². The van der Waals surface area contributed by atoms with Gasteiger partial charge in [-0.25, -0.2) is 22.0 Å². The maximum atomic E-state index is 13.3. The summed E-state index contributed by atoms with van der Waals surface area (Å²) in [6.45, 7) is 6.16. The van der Waals surface area contributed by atoms with Crippen LogP contribution in [0.15, 0.2) is 47.4 Å². The van der Waals surface area contributed by atoms with Gasteiger partial charge in [0, 0.05) is 19.6 Å². The molecule has 2 amide bonds. The number of hydrogen-bond donors (Lipinski definition) is 2. The molecule has 0 aliphatic carbocycles. The second-order valence-corrected chi connectivity index (χ2v) is 8.39. The molecule has 0 spiro atoms. The number of sulfonamides is 1. The van der Waals surface area contributed by atoms with E-state index in [-0.39, 0.29) is 11.4 Å². The topological polar surface area (TPSA) is 78.5 Å². The van der Waals surface area contributed by atoms with Crippen molar-refractivity contribution < 1.29 is 22.0 Å². The van der Waals surface area contributed by atoms with Crippen LogP contribution >= 0.6 is 0 Å². The number of halogens is 2. The Morgan fingerprint density at radius 2 is 1.66 bits per heavy atom. The van der Waals surface area contributed by atoms with E-state index in [0.717, 1.165) is 17.7 Å². The maximum absolute atomic E-state index is 13.3. The van der Waals surface area contributed by atoms with Gasteiger partial charge in [-0.1, -0.05) is 32.0 Å². The number of carbonyl (C=O) groups excluding carboxylic acids is 1. The number of amides is 2. The third kappa shape index (κ3) is 5.74. The number of carbonyl (C=O) groups is 1. The number of nitrogens with zero attached hydrogens (tertiary/aromatic N) is 1. The molecule has 0 fully saturated rings. The number of hydrogen-bond acceptors (Lipinski definition) is 3. The second kappa shape index (κ2) is 9.80. The molecule has 6 nitrogen and oxygen atoms in total. The van der Waals surface area contributed by atoms with Gasteiger partial charge in [-0.2, -0.15) is 4.31 Å². The van der Waals surface area contributed by atoms with Crippen LogP contribution in [0.4, 0.5) is 13.6 Å². The van der Waals surface area contributed by atoms with Gasteiger partial charge < -0.3 is 10.6 Å². The second-order valence-electron chi connectivity index (χ2n) is 6.46. The minimum absolute atomic E-state index is 0.182. The minimum Gasteiger partial charge on any atom is -0.334 e. The zero-order chi connectivity index (χ0) is 21.6. The molecule has 0 unspecified atom stereocenters. The standard InChI is InChI=1S/C20H25F2N3O3S/c1-4-25(5-2)29(27,28)17-9-6-15(7-10-17)13-23-20(26)24-14(3)16-8-11-18(21)19(22)12-16/h6-12,14H,4-5,13H2,1-3H3,(H2,23,24,26)/t14-/m1/s1. The van der Waals surface area contributed by atoms with E-state index in [9.17, 15) is 22.0 Å². The average molecular weight is 426 g/mol. The maximum Gasteiger partial charge on any atom is 0.315 e. The molecule has 2 aromatic rings. The molecule has 29 heavy (non-hydrogen) atoms. The summed E-state index contributed by atoms with van der Waals surface area (Å²) in [5.41, 5.74) is 1.16. The molecule has 9 heteroatoms. The van der Waals surface area contributed by atoms with E-state index in [4.69, 9.17) is 0 Å². The van der Waals surface area contributed by atoms with E-state index < -0.39 is 33.7 Å². The highest BCUT2D eigenvalue weighted by molar-refractivity contribution is 7.89. The first-order valence-electron chi connectivity index (χ1n) is 9.27. The van der Waals surface area contributed by atoms with Crippen LogP contribution in [-0.2, 0) is 16.6 Å². The summed E-state index contributed by atoms with van der Waals surface area (Å²) in [5, 5.41) is 5.29. The summed E-state index contributed by atoms with van der Waals surface area (Å²) in [6.07, 6.45) is 0. The van der Waals surface area contributed by atoms with Gasteiger partial charge in [0.15, 0.2) is 11.6 Å². The van der Waals surface area contributed by atoms with E-state index in [1.165, 1.54) is 22.5 Å². The van der Waals surface area contributed by atoms with Gasteiger partial charge in [-0.15, -0.1) is 0 Å². The molecule has 0 radical (unpaired) electrons. The molecule has 0 aliphatic rings. The van der Waals surface area contributed by atoms with E-state index >= 15 is 0 Å². The Morgan fingerprint density at radius 1 is 1.03 bits per heavy atom. The molecule has 0 saturated heterocycles. The summed E-state index contributed by atoms with van der Waals surface area (Å²) in [4.78, 5) is 12.2. The van der Waals surface area contributed by atoms with Crippen LogP contribution in [0.25, 0.3) is 0 Å². The Kier molecular flexibility index (Phi) is 7.69. The van der Waals surface area contributed by atoms with Crippen molar-refractivity contribution in [3.05, 3.63) is 65.2 Å². The van der Waals surface area contributed by atoms with E-state index in [2.05, 4.69) is 10.6 Å². The van der Waals surface area contributed by atoms with Crippen LogP contribution in [-0.4, -0.2) is 31.8 Å². The van der Waals surface area contributed by atoms with Gasteiger partial charge in [0.05, 0.1) is 10.9 Å². The molecular formula is C20H25F2N3O3S. The highest BCUT2D eigenvalue weighted by atomic mass is 32.2. The fourth-order valence-corrected chi connectivity index (χ4v) is 4.24. The Balaban J connectivity index is 1.94. The molecule has 0 heterocycles. The number of benzene rings is 2. The first-order valence-corrected chi connectivity index (χ1v) is 10.7. The van der Waals surface area contributed by atoms with Crippen molar-refractivity contribution in [2.45, 2.75) is 38.3 Å².